The summed E-state index contributed by atoms with van der Waals surface area (Å²) in [5, 5.41) is 8.30. The Morgan fingerprint density at radius 2 is 2.44 bits per heavy atom. The molecule has 0 radical (unpaired) electrons. The van der Waals surface area contributed by atoms with Crippen molar-refractivity contribution < 1.29 is 4.74 Å². The van der Waals surface area contributed by atoms with Crippen LogP contribution >= 0.6 is 0 Å². The molecule has 0 aromatic rings. The van der Waals surface area contributed by atoms with Gasteiger partial charge < -0.3 is 0 Å². The van der Waals surface area contributed by atoms with E-state index in [1.165, 1.54) is 0 Å². The van der Waals surface area contributed by atoms with Crippen molar-refractivity contribution in [3.8, 4) is 6.07 Å². The van der Waals surface area contributed by atoms with E-state index < -0.39 is 0 Å². The SMILES string of the molecule is [C-]#[N+]C1CCC(C#N)O1. The summed E-state index contributed by atoms with van der Waals surface area (Å²) in [7, 11) is 0. The average molecular weight is 122 g/mol. The molecule has 0 amide bonds. The minimum atomic E-state index is -0.352. The van der Waals surface area contributed by atoms with Crippen LogP contribution in [0.25, 0.3) is 4.85 Å². The summed E-state index contributed by atoms with van der Waals surface area (Å²) in [6.45, 7) is 6.56. The molecule has 0 saturated carbocycles. The van der Waals surface area contributed by atoms with Crippen molar-refractivity contribution >= 4 is 0 Å². The lowest BCUT2D eigenvalue weighted by molar-refractivity contribution is 0.103. The molecule has 0 aromatic carbocycles. The highest BCUT2D eigenvalue weighted by atomic mass is 16.5. The second-order valence-electron chi connectivity index (χ2n) is 1.91. The Balaban J connectivity index is 2.42. The molecule has 1 heterocycles. The van der Waals surface area contributed by atoms with Crippen LogP contribution in [0.4, 0.5) is 0 Å². The lowest BCUT2D eigenvalue weighted by atomic mass is 10.2. The molecule has 0 bridgehead atoms. The third-order valence-electron chi connectivity index (χ3n) is 1.29. The number of rotatable bonds is 0. The number of nitriles is 1. The van der Waals surface area contributed by atoms with Gasteiger partial charge in [-0.15, -0.1) is 0 Å². The first-order valence-electron chi connectivity index (χ1n) is 2.78. The van der Waals surface area contributed by atoms with Crippen molar-refractivity contribution in [3.63, 3.8) is 0 Å². The summed E-state index contributed by atoms with van der Waals surface area (Å²) in [6.07, 6.45) is 0.740. The second kappa shape index (κ2) is 2.48. The molecule has 1 rings (SSSR count). The molecule has 1 aliphatic rings. The smallest absolute Gasteiger partial charge is 0.292 e. The third-order valence-corrected chi connectivity index (χ3v) is 1.29. The monoisotopic (exact) mass is 122 g/mol. The average Bonchev–Trinajstić information content (AvgIpc) is 2.34. The first-order chi connectivity index (χ1) is 4.36. The van der Waals surface area contributed by atoms with Crippen LogP contribution < -0.4 is 0 Å². The summed E-state index contributed by atoms with van der Waals surface area (Å²) >= 11 is 0. The highest BCUT2D eigenvalue weighted by molar-refractivity contribution is 4.91. The van der Waals surface area contributed by atoms with Crippen molar-refractivity contribution in [1.29, 1.82) is 5.26 Å². The summed E-state index contributed by atoms with van der Waals surface area (Å²) < 4.78 is 4.94. The van der Waals surface area contributed by atoms with Gasteiger partial charge in [0.1, 0.15) is 0 Å². The standard InChI is InChI=1S/C6H6N2O/c1-8-6-3-2-5(4-7)9-6/h5-6H,2-3H2. The lowest BCUT2D eigenvalue weighted by Crippen LogP contribution is -2.04. The zero-order chi connectivity index (χ0) is 6.69. The van der Waals surface area contributed by atoms with Gasteiger partial charge in [-0.3, -0.25) is 9.58 Å². The molecule has 0 N–H and O–H groups in total. The minimum Gasteiger partial charge on any atom is -0.292 e. The van der Waals surface area contributed by atoms with Gasteiger partial charge >= 0.3 is 6.23 Å². The predicted molar refractivity (Wildman–Crippen MR) is 30.1 cm³/mol. The molecular formula is C6H6N2O. The third kappa shape index (κ3) is 1.19. The van der Waals surface area contributed by atoms with E-state index in [0.29, 0.717) is 12.8 Å². The molecule has 3 nitrogen and oxygen atoms in total. The maximum Gasteiger partial charge on any atom is 0.329 e. The minimum absolute atomic E-state index is 0.330. The van der Waals surface area contributed by atoms with Crippen molar-refractivity contribution in [1.82, 2.24) is 0 Å². The zero-order valence-corrected chi connectivity index (χ0v) is 4.87. The predicted octanol–water partition coefficient (Wildman–Crippen LogP) is 0.934. The van der Waals surface area contributed by atoms with E-state index >= 15 is 0 Å². The molecule has 1 aliphatic heterocycles. The van der Waals surface area contributed by atoms with Crippen LogP contribution in [-0.2, 0) is 4.74 Å². The van der Waals surface area contributed by atoms with Crippen LogP contribution in [0, 0.1) is 17.9 Å². The molecule has 3 heteroatoms. The van der Waals surface area contributed by atoms with Crippen molar-refractivity contribution in [3.05, 3.63) is 11.4 Å². The number of hydrogen-bond acceptors (Lipinski definition) is 2. The Labute approximate surface area is 53.7 Å². The van der Waals surface area contributed by atoms with Crippen molar-refractivity contribution in [2.45, 2.75) is 25.2 Å². The second-order valence-corrected chi connectivity index (χ2v) is 1.91. The van der Waals surface area contributed by atoms with Gasteiger partial charge in [-0.05, 0) is 6.42 Å². The van der Waals surface area contributed by atoms with E-state index in [2.05, 4.69) is 4.85 Å². The molecule has 46 valence electrons. The van der Waals surface area contributed by atoms with Crippen LogP contribution in [0.3, 0.4) is 0 Å². The Morgan fingerprint density at radius 1 is 1.67 bits per heavy atom. The first kappa shape index (κ1) is 6.07. The molecule has 9 heavy (non-hydrogen) atoms. The molecule has 1 fully saturated rings. The van der Waals surface area contributed by atoms with Gasteiger partial charge in [0.05, 0.1) is 12.5 Å². The van der Waals surface area contributed by atoms with Gasteiger partial charge in [-0.1, -0.05) is 0 Å². The highest BCUT2D eigenvalue weighted by Gasteiger charge is 2.28. The maximum atomic E-state index is 8.30. The van der Waals surface area contributed by atoms with E-state index in [1.54, 1.807) is 0 Å². The van der Waals surface area contributed by atoms with Crippen LogP contribution in [0.1, 0.15) is 12.8 Å². The number of ether oxygens (including phenoxy) is 1. The molecule has 1 saturated heterocycles. The van der Waals surface area contributed by atoms with E-state index in [9.17, 15) is 0 Å². The largest absolute Gasteiger partial charge is 0.329 e. The Morgan fingerprint density at radius 3 is 2.78 bits per heavy atom. The summed E-state index contributed by atoms with van der Waals surface area (Å²) in [6, 6.07) is 1.96. The Bertz CT molecular complexity index is 156. The molecule has 0 aromatic heterocycles. The molecule has 2 unspecified atom stereocenters. The van der Waals surface area contributed by atoms with E-state index in [1.807, 2.05) is 6.07 Å². The normalized spacial score (nSPS) is 33.1. The highest BCUT2D eigenvalue weighted by Crippen LogP contribution is 2.19. The van der Waals surface area contributed by atoms with Gasteiger partial charge in [0.15, 0.2) is 6.10 Å². The lowest BCUT2D eigenvalue weighted by Gasteiger charge is -1.93. The van der Waals surface area contributed by atoms with Gasteiger partial charge in [0, 0.05) is 0 Å². The first-order valence-corrected chi connectivity index (χ1v) is 2.78. The summed E-state index contributed by atoms with van der Waals surface area (Å²) in [5.74, 6) is 0. The molecule has 2 atom stereocenters. The number of nitrogens with zero attached hydrogens (tertiary/aromatic N) is 2. The van der Waals surface area contributed by atoms with Gasteiger partial charge in [-0.2, -0.15) is 5.26 Å². The zero-order valence-electron chi connectivity index (χ0n) is 4.87. The van der Waals surface area contributed by atoms with E-state index in [-0.39, 0.29) is 12.3 Å². The number of hydrogen-bond donors (Lipinski definition) is 0. The molecular weight excluding hydrogens is 116 g/mol. The fraction of sp³-hybridized carbons (Fsp3) is 0.667. The van der Waals surface area contributed by atoms with E-state index in [4.69, 9.17) is 16.6 Å². The van der Waals surface area contributed by atoms with Crippen LogP contribution in [-0.4, -0.2) is 12.3 Å². The molecule has 0 spiro atoms. The Kier molecular flexibility index (Phi) is 1.67. The van der Waals surface area contributed by atoms with Crippen molar-refractivity contribution in [2.75, 3.05) is 0 Å². The van der Waals surface area contributed by atoms with Crippen LogP contribution in [0.2, 0.25) is 0 Å². The van der Waals surface area contributed by atoms with Crippen LogP contribution in [0.5, 0.6) is 0 Å². The van der Waals surface area contributed by atoms with Gasteiger partial charge in [0.25, 0.3) is 0 Å². The van der Waals surface area contributed by atoms with Crippen LogP contribution in [0.15, 0.2) is 0 Å². The fourth-order valence-electron chi connectivity index (χ4n) is 0.810. The van der Waals surface area contributed by atoms with E-state index in [0.717, 1.165) is 0 Å². The summed E-state index contributed by atoms with van der Waals surface area (Å²) in [4.78, 5) is 3.16. The van der Waals surface area contributed by atoms with Crippen molar-refractivity contribution in [2.24, 2.45) is 0 Å². The molecule has 0 aliphatic carbocycles. The topological polar surface area (TPSA) is 37.4 Å². The quantitative estimate of drug-likeness (QED) is 0.448. The summed E-state index contributed by atoms with van der Waals surface area (Å²) in [5.41, 5.74) is 0. The van der Waals surface area contributed by atoms with Gasteiger partial charge in [-0.25, -0.2) is 6.57 Å². The van der Waals surface area contributed by atoms with Gasteiger partial charge in [0.2, 0.25) is 0 Å². The maximum absolute atomic E-state index is 8.30. The fourth-order valence-corrected chi connectivity index (χ4v) is 0.810. The Hall–Kier alpha value is -1.06.